The Balaban J connectivity index is 2.34. The van der Waals surface area contributed by atoms with Crippen molar-refractivity contribution in [3.05, 3.63) is 29.6 Å². The van der Waals surface area contributed by atoms with Crippen LogP contribution in [0.3, 0.4) is 0 Å². The van der Waals surface area contributed by atoms with Crippen LogP contribution in [0.15, 0.2) is 18.3 Å². The van der Waals surface area contributed by atoms with Crippen molar-refractivity contribution in [1.29, 1.82) is 0 Å². The standard InChI is InChI=1S/C17H24F3NO3S/c1-16(2,3)25(23,24)10-6-4-5-7-15(22)11-14-9-8-13(12-21-14)17(18,19)20/h8-9,12H,4-7,10-11H2,1-3H3. The SMILES string of the molecule is CC(C)(C)S(=O)(=O)CCCCCC(=O)Cc1ccc(C(F)(F)F)cn1. The first kappa shape index (κ1) is 21.6. The highest BCUT2D eigenvalue weighted by Crippen LogP contribution is 2.28. The number of alkyl halides is 3. The summed E-state index contributed by atoms with van der Waals surface area (Å²) in [6.45, 7) is 4.97. The van der Waals surface area contributed by atoms with Crippen LogP contribution >= 0.6 is 0 Å². The highest BCUT2D eigenvalue weighted by Gasteiger charge is 2.30. The van der Waals surface area contributed by atoms with Gasteiger partial charge in [-0.15, -0.1) is 0 Å². The van der Waals surface area contributed by atoms with Gasteiger partial charge in [0.2, 0.25) is 0 Å². The molecule has 1 rings (SSSR count). The van der Waals surface area contributed by atoms with Gasteiger partial charge in [0.25, 0.3) is 0 Å². The van der Waals surface area contributed by atoms with E-state index in [2.05, 4.69) is 4.98 Å². The minimum atomic E-state index is -4.44. The maximum absolute atomic E-state index is 12.4. The van der Waals surface area contributed by atoms with E-state index in [1.165, 1.54) is 6.07 Å². The molecule has 1 aromatic heterocycles. The van der Waals surface area contributed by atoms with E-state index in [0.717, 1.165) is 12.3 Å². The van der Waals surface area contributed by atoms with Gasteiger partial charge in [0.15, 0.2) is 9.84 Å². The van der Waals surface area contributed by atoms with Crippen molar-refractivity contribution in [2.45, 2.75) is 63.8 Å². The molecule has 0 saturated carbocycles. The molecular weight excluding hydrogens is 355 g/mol. The molecule has 142 valence electrons. The lowest BCUT2D eigenvalue weighted by Gasteiger charge is -2.18. The van der Waals surface area contributed by atoms with Crippen LogP contribution in [0.5, 0.6) is 0 Å². The van der Waals surface area contributed by atoms with Gasteiger partial charge in [-0.1, -0.05) is 6.42 Å². The number of sulfone groups is 1. The van der Waals surface area contributed by atoms with Crippen LogP contribution in [-0.2, 0) is 27.2 Å². The summed E-state index contributed by atoms with van der Waals surface area (Å²) in [6.07, 6.45) is -1.81. The fraction of sp³-hybridized carbons (Fsp3) is 0.647. The molecule has 0 spiro atoms. The first-order chi connectivity index (χ1) is 11.3. The number of carbonyl (C=O) groups is 1. The Labute approximate surface area is 146 Å². The van der Waals surface area contributed by atoms with E-state index < -0.39 is 26.3 Å². The number of carbonyl (C=O) groups excluding carboxylic acids is 1. The number of pyridine rings is 1. The number of rotatable bonds is 8. The van der Waals surface area contributed by atoms with Crippen LogP contribution in [0.2, 0.25) is 0 Å². The zero-order chi connectivity index (χ0) is 19.3. The molecule has 0 unspecified atom stereocenters. The summed E-state index contributed by atoms with van der Waals surface area (Å²) in [5.41, 5.74) is -0.544. The molecule has 1 aromatic rings. The average Bonchev–Trinajstić information content (AvgIpc) is 2.45. The molecule has 0 saturated heterocycles. The molecular formula is C17H24F3NO3S. The summed E-state index contributed by atoms with van der Waals surface area (Å²) in [4.78, 5) is 15.5. The van der Waals surface area contributed by atoms with Crippen molar-refractivity contribution in [1.82, 2.24) is 4.98 Å². The quantitative estimate of drug-likeness (QED) is 0.641. The van der Waals surface area contributed by atoms with Gasteiger partial charge in [-0.2, -0.15) is 13.2 Å². The zero-order valence-corrected chi connectivity index (χ0v) is 15.5. The smallest absolute Gasteiger partial charge is 0.299 e. The Morgan fingerprint density at radius 2 is 1.72 bits per heavy atom. The molecule has 0 radical (unpaired) electrons. The van der Waals surface area contributed by atoms with Gasteiger partial charge in [-0.25, -0.2) is 8.42 Å². The second-order valence-electron chi connectivity index (χ2n) is 6.99. The van der Waals surface area contributed by atoms with Crippen LogP contribution in [-0.4, -0.2) is 29.7 Å². The Bertz CT molecular complexity index is 675. The summed E-state index contributed by atoms with van der Waals surface area (Å²) >= 11 is 0. The molecule has 0 aliphatic rings. The largest absolute Gasteiger partial charge is 0.417 e. The Hall–Kier alpha value is -1.44. The first-order valence-electron chi connectivity index (χ1n) is 8.09. The predicted octanol–water partition coefficient (Wildman–Crippen LogP) is 3.99. The third kappa shape index (κ3) is 7.13. The topological polar surface area (TPSA) is 64.1 Å². The van der Waals surface area contributed by atoms with Gasteiger partial charge in [0.1, 0.15) is 5.78 Å². The number of hydrogen-bond donors (Lipinski definition) is 0. The summed E-state index contributed by atoms with van der Waals surface area (Å²) < 4.78 is 60.4. The van der Waals surface area contributed by atoms with Crippen LogP contribution < -0.4 is 0 Å². The second kappa shape index (κ2) is 8.29. The number of ketones is 1. The zero-order valence-electron chi connectivity index (χ0n) is 14.7. The van der Waals surface area contributed by atoms with Gasteiger partial charge in [0, 0.05) is 24.7 Å². The summed E-state index contributed by atoms with van der Waals surface area (Å²) in [5, 5.41) is 0. The maximum atomic E-state index is 12.4. The highest BCUT2D eigenvalue weighted by molar-refractivity contribution is 7.92. The third-order valence-electron chi connectivity index (χ3n) is 3.83. The second-order valence-corrected chi connectivity index (χ2v) is 9.86. The van der Waals surface area contributed by atoms with Crippen molar-refractivity contribution in [2.75, 3.05) is 5.75 Å². The molecule has 25 heavy (non-hydrogen) atoms. The molecule has 8 heteroatoms. The highest BCUT2D eigenvalue weighted by atomic mass is 32.2. The summed E-state index contributed by atoms with van der Waals surface area (Å²) in [6, 6.07) is 2.11. The van der Waals surface area contributed by atoms with Crippen LogP contribution in [0.25, 0.3) is 0 Å². The minimum absolute atomic E-state index is 0.0154. The van der Waals surface area contributed by atoms with E-state index in [1.54, 1.807) is 20.8 Å². The van der Waals surface area contributed by atoms with Gasteiger partial charge in [0.05, 0.1) is 16.1 Å². The van der Waals surface area contributed by atoms with E-state index in [4.69, 9.17) is 0 Å². The predicted molar refractivity (Wildman–Crippen MR) is 90.0 cm³/mol. The van der Waals surface area contributed by atoms with Crippen molar-refractivity contribution >= 4 is 15.6 Å². The summed E-state index contributed by atoms with van der Waals surface area (Å²) in [7, 11) is -3.15. The molecule has 0 N–H and O–H groups in total. The molecule has 0 amide bonds. The Morgan fingerprint density at radius 1 is 1.08 bits per heavy atom. The van der Waals surface area contributed by atoms with E-state index in [9.17, 15) is 26.4 Å². The average molecular weight is 379 g/mol. The fourth-order valence-corrected chi connectivity index (χ4v) is 3.28. The lowest BCUT2D eigenvalue weighted by Crippen LogP contribution is -2.30. The number of nitrogens with zero attached hydrogens (tertiary/aromatic N) is 1. The number of aromatic nitrogens is 1. The monoisotopic (exact) mass is 379 g/mol. The van der Waals surface area contributed by atoms with Crippen molar-refractivity contribution in [2.24, 2.45) is 0 Å². The Kier molecular flexibility index (Phi) is 7.17. The van der Waals surface area contributed by atoms with E-state index >= 15 is 0 Å². The Morgan fingerprint density at radius 3 is 2.20 bits per heavy atom. The molecule has 0 bridgehead atoms. The molecule has 0 aromatic carbocycles. The molecule has 0 atom stereocenters. The van der Waals surface area contributed by atoms with Crippen LogP contribution in [0.4, 0.5) is 13.2 Å². The van der Waals surface area contributed by atoms with Gasteiger partial charge in [-0.3, -0.25) is 9.78 Å². The normalized spacial score (nSPS) is 13.0. The fourth-order valence-electron chi connectivity index (χ4n) is 2.08. The van der Waals surface area contributed by atoms with E-state index in [1.807, 2.05) is 0 Å². The molecule has 0 fully saturated rings. The molecule has 0 aliphatic carbocycles. The van der Waals surface area contributed by atoms with Crippen molar-refractivity contribution < 1.29 is 26.4 Å². The maximum Gasteiger partial charge on any atom is 0.417 e. The first-order valence-corrected chi connectivity index (χ1v) is 9.74. The van der Waals surface area contributed by atoms with E-state index in [0.29, 0.717) is 25.0 Å². The van der Waals surface area contributed by atoms with Gasteiger partial charge >= 0.3 is 6.18 Å². The molecule has 4 nitrogen and oxygen atoms in total. The molecule has 0 aliphatic heterocycles. The lowest BCUT2D eigenvalue weighted by atomic mass is 10.1. The van der Waals surface area contributed by atoms with Crippen molar-refractivity contribution in [3.8, 4) is 0 Å². The van der Waals surface area contributed by atoms with Gasteiger partial charge < -0.3 is 0 Å². The number of halogens is 3. The van der Waals surface area contributed by atoms with Crippen LogP contribution in [0.1, 0.15) is 57.7 Å². The minimum Gasteiger partial charge on any atom is -0.299 e. The summed E-state index contributed by atoms with van der Waals surface area (Å²) in [5.74, 6) is -0.0311. The number of unbranched alkanes of at least 4 members (excludes halogenated alkanes) is 2. The van der Waals surface area contributed by atoms with Crippen LogP contribution in [0, 0.1) is 0 Å². The molecule has 1 heterocycles. The number of hydrogen-bond acceptors (Lipinski definition) is 4. The van der Waals surface area contributed by atoms with Crippen molar-refractivity contribution in [3.63, 3.8) is 0 Å². The van der Waals surface area contributed by atoms with E-state index in [-0.39, 0.29) is 24.4 Å². The van der Waals surface area contributed by atoms with Gasteiger partial charge in [-0.05, 0) is 45.7 Å². The number of Topliss-reactive ketones (excluding diaryl/α,β-unsaturated/α-hetero) is 1. The third-order valence-corrected chi connectivity index (χ3v) is 6.52. The lowest BCUT2D eigenvalue weighted by molar-refractivity contribution is -0.137.